The number of carboxylic acids is 1. The van der Waals surface area contributed by atoms with Crippen LogP contribution in [0.2, 0.25) is 0 Å². The quantitative estimate of drug-likeness (QED) is 0.330. The van der Waals surface area contributed by atoms with Crippen molar-refractivity contribution in [3.05, 3.63) is 126 Å². The average Bonchev–Trinajstić information content (AvgIpc) is 3.28. The Morgan fingerprint density at radius 1 is 0.975 bits per heavy atom. The number of rotatable bonds is 8. The first-order valence-electron chi connectivity index (χ1n) is 12.8. The smallest absolute Gasteiger partial charge is 0.338 e. The van der Waals surface area contributed by atoms with E-state index in [0.29, 0.717) is 38.5 Å². The van der Waals surface area contributed by atoms with E-state index >= 15 is 0 Å². The minimum Gasteiger partial charge on any atom is -0.494 e. The molecular formula is C31H26N2O6S. The van der Waals surface area contributed by atoms with Gasteiger partial charge in [0.05, 0.1) is 40.6 Å². The fraction of sp³-hybridized carbons (Fsp3) is 0.161. The summed E-state index contributed by atoms with van der Waals surface area (Å²) in [4.78, 5) is 43.9. The van der Waals surface area contributed by atoms with Crippen molar-refractivity contribution in [1.29, 1.82) is 0 Å². The van der Waals surface area contributed by atoms with E-state index in [0.717, 1.165) is 5.56 Å². The Labute approximate surface area is 233 Å². The zero-order valence-electron chi connectivity index (χ0n) is 21.9. The Kier molecular flexibility index (Phi) is 7.75. The normalized spacial score (nSPS) is 14.8. The summed E-state index contributed by atoms with van der Waals surface area (Å²) in [5.41, 5.74) is 2.63. The largest absolute Gasteiger partial charge is 0.494 e. The lowest BCUT2D eigenvalue weighted by Gasteiger charge is -2.26. The van der Waals surface area contributed by atoms with Crippen LogP contribution < -0.4 is 19.6 Å². The van der Waals surface area contributed by atoms with Crippen LogP contribution in [0.15, 0.2) is 94.2 Å². The van der Waals surface area contributed by atoms with Crippen LogP contribution in [0.1, 0.15) is 46.9 Å². The predicted molar refractivity (Wildman–Crippen MR) is 152 cm³/mol. The van der Waals surface area contributed by atoms with E-state index in [1.54, 1.807) is 25.1 Å². The summed E-state index contributed by atoms with van der Waals surface area (Å²) in [6.07, 6.45) is 1.70. The van der Waals surface area contributed by atoms with Gasteiger partial charge < -0.3 is 14.6 Å². The number of hydrogen-bond acceptors (Lipinski definition) is 7. The number of benzene rings is 3. The molecule has 9 heteroatoms. The molecule has 1 N–H and O–H groups in total. The summed E-state index contributed by atoms with van der Waals surface area (Å²) in [6.45, 7) is 4.30. The highest BCUT2D eigenvalue weighted by molar-refractivity contribution is 7.07. The van der Waals surface area contributed by atoms with Crippen LogP contribution in [0.3, 0.4) is 0 Å². The van der Waals surface area contributed by atoms with Gasteiger partial charge in [0.25, 0.3) is 5.56 Å². The number of carbonyl (C=O) groups excluding carboxylic acids is 1. The fourth-order valence-corrected chi connectivity index (χ4v) is 5.54. The van der Waals surface area contributed by atoms with Crippen LogP contribution >= 0.6 is 11.3 Å². The van der Waals surface area contributed by atoms with Crippen LogP contribution in [0, 0.1) is 0 Å². The van der Waals surface area contributed by atoms with Gasteiger partial charge in [-0.1, -0.05) is 65.9 Å². The highest BCUT2D eigenvalue weighted by Gasteiger charge is 2.35. The molecular weight excluding hydrogens is 528 g/mol. The zero-order valence-corrected chi connectivity index (χ0v) is 22.7. The Balaban J connectivity index is 1.76. The molecule has 0 bridgehead atoms. The fourth-order valence-electron chi connectivity index (χ4n) is 4.54. The van der Waals surface area contributed by atoms with Crippen LogP contribution in [0.5, 0.6) is 5.75 Å². The van der Waals surface area contributed by atoms with Crippen molar-refractivity contribution in [1.82, 2.24) is 4.57 Å². The molecule has 0 fully saturated rings. The van der Waals surface area contributed by atoms with E-state index in [-0.39, 0.29) is 23.3 Å². The van der Waals surface area contributed by atoms with Gasteiger partial charge in [0.2, 0.25) is 0 Å². The Morgan fingerprint density at radius 3 is 2.30 bits per heavy atom. The second-order valence-corrected chi connectivity index (χ2v) is 9.87. The number of carbonyl (C=O) groups is 2. The second kappa shape index (κ2) is 11.5. The molecule has 0 unspecified atom stereocenters. The summed E-state index contributed by atoms with van der Waals surface area (Å²) < 4.78 is 13.0. The monoisotopic (exact) mass is 554 g/mol. The lowest BCUT2D eigenvalue weighted by Crippen LogP contribution is -2.40. The Morgan fingerprint density at radius 2 is 1.68 bits per heavy atom. The number of nitrogens with zero attached hydrogens (tertiary/aromatic N) is 2. The predicted octanol–water partition coefficient (Wildman–Crippen LogP) is 4.03. The number of carboxylic acid groups (broad SMARTS) is 1. The molecule has 0 amide bonds. The van der Waals surface area contributed by atoms with Gasteiger partial charge in [-0.25, -0.2) is 14.6 Å². The highest BCUT2D eigenvalue weighted by atomic mass is 32.1. The number of fused-ring (bicyclic) bond motifs is 1. The summed E-state index contributed by atoms with van der Waals surface area (Å²) >= 11 is 1.20. The summed E-state index contributed by atoms with van der Waals surface area (Å²) in [5, 5.41) is 9.21. The molecule has 0 aliphatic carbocycles. The molecule has 2 heterocycles. The van der Waals surface area contributed by atoms with E-state index in [2.05, 4.69) is 0 Å². The van der Waals surface area contributed by atoms with Crippen molar-refractivity contribution in [2.75, 3.05) is 13.2 Å². The Hall–Kier alpha value is -4.76. The van der Waals surface area contributed by atoms with Gasteiger partial charge in [0.1, 0.15) is 5.75 Å². The van der Waals surface area contributed by atoms with Gasteiger partial charge in [0.15, 0.2) is 4.80 Å². The maximum absolute atomic E-state index is 13.9. The number of aromatic carboxylic acids is 1. The molecule has 1 aliphatic rings. The molecule has 3 aromatic carbocycles. The molecule has 5 rings (SSSR count). The zero-order chi connectivity index (χ0) is 28.2. The van der Waals surface area contributed by atoms with Gasteiger partial charge in [0, 0.05) is 5.56 Å². The third-order valence-electron chi connectivity index (χ3n) is 6.34. The first kappa shape index (κ1) is 26.8. The number of ether oxygens (including phenoxy) is 2. The topological polar surface area (TPSA) is 107 Å². The third-order valence-corrected chi connectivity index (χ3v) is 7.32. The lowest BCUT2D eigenvalue weighted by molar-refractivity contribution is -0.138. The van der Waals surface area contributed by atoms with Crippen molar-refractivity contribution >= 4 is 35.0 Å². The molecule has 1 aliphatic heterocycles. The molecule has 1 atom stereocenters. The Bertz CT molecular complexity index is 1770. The molecule has 40 heavy (non-hydrogen) atoms. The van der Waals surface area contributed by atoms with Gasteiger partial charge >= 0.3 is 11.9 Å². The molecule has 4 aromatic rings. The molecule has 0 radical (unpaired) electrons. The third kappa shape index (κ3) is 5.23. The number of thiazole rings is 1. The van der Waals surface area contributed by atoms with Gasteiger partial charge in [-0.3, -0.25) is 9.36 Å². The minimum absolute atomic E-state index is 0.153. The van der Waals surface area contributed by atoms with Gasteiger partial charge in [-0.15, -0.1) is 0 Å². The van der Waals surface area contributed by atoms with E-state index in [1.165, 1.54) is 28.0 Å². The first-order chi connectivity index (χ1) is 19.4. The van der Waals surface area contributed by atoms with E-state index in [4.69, 9.17) is 14.5 Å². The van der Waals surface area contributed by atoms with Crippen molar-refractivity contribution in [2.45, 2.75) is 19.9 Å². The highest BCUT2D eigenvalue weighted by Crippen LogP contribution is 2.35. The van der Waals surface area contributed by atoms with Crippen LogP contribution in [0.25, 0.3) is 11.8 Å². The van der Waals surface area contributed by atoms with Crippen molar-refractivity contribution < 1.29 is 24.2 Å². The van der Waals surface area contributed by atoms with Crippen molar-refractivity contribution in [3.63, 3.8) is 0 Å². The van der Waals surface area contributed by atoms with Crippen molar-refractivity contribution in [2.24, 2.45) is 4.99 Å². The van der Waals surface area contributed by atoms with Gasteiger partial charge in [-0.2, -0.15) is 0 Å². The van der Waals surface area contributed by atoms with Crippen LogP contribution in [-0.2, 0) is 9.53 Å². The maximum atomic E-state index is 13.9. The molecule has 8 nitrogen and oxygen atoms in total. The molecule has 0 saturated heterocycles. The first-order valence-corrected chi connectivity index (χ1v) is 13.6. The number of aromatic nitrogens is 1. The lowest BCUT2D eigenvalue weighted by atomic mass is 9.93. The summed E-state index contributed by atoms with van der Waals surface area (Å²) in [7, 11) is 0. The van der Waals surface area contributed by atoms with Crippen LogP contribution in [-0.4, -0.2) is 34.8 Å². The van der Waals surface area contributed by atoms with E-state index < -0.39 is 18.0 Å². The number of esters is 1. The summed E-state index contributed by atoms with van der Waals surface area (Å²) in [5.74, 6) is -0.905. The van der Waals surface area contributed by atoms with E-state index in [9.17, 15) is 19.5 Å². The maximum Gasteiger partial charge on any atom is 0.338 e. The second-order valence-electron chi connectivity index (χ2n) is 8.86. The molecule has 202 valence electrons. The van der Waals surface area contributed by atoms with Crippen LogP contribution in [0.4, 0.5) is 0 Å². The SMILES string of the molecule is CCOC(=O)C1=C(c2ccccc2)N=c2s/c(=C\c3ccc(C(=O)O)cc3)c(=O)n2[C@H]1c1ccc(OCC)cc1. The standard InChI is InChI=1S/C31H26N2O6S/c1-3-38-23-16-14-21(15-17-23)27-25(30(37)39-4-2)26(20-8-6-5-7-9-20)32-31-33(27)28(34)24(40-31)18-19-10-12-22(13-11-19)29(35)36/h5-18,27H,3-4H2,1-2H3,(H,35,36)/b24-18-/t27-/m0/s1. The molecule has 1 aromatic heterocycles. The van der Waals surface area contributed by atoms with Gasteiger partial charge in [-0.05, 0) is 55.3 Å². The average molecular weight is 555 g/mol. The molecule has 0 spiro atoms. The van der Waals surface area contributed by atoms with Crippen molar-refractivity contribution in [3.8, 4) is 5.75 Å². The number of hydrogen-bond donors (Lipinski definition) is 1. The molecule has 0 saturated carbocycles. The summed E-state index contributed by atoms with van der Waals surface area (Å²) in [6, 6.07) is 22.1. The minimum atomic E-state index is -1.03. The van der Waals surface area contributed by atoms with E-state index in [1.807, 2.05) is 61.5 Å².